The summed E-state index contributed by atoms with van der Waals surface area (Å²) in [6, 6.07) is 10.1. The summed E-state index contributed by atoms with van der Waals surface area (Å²) in [7, 11) is 2.59. The van der Waals surface area contributed by atoms with E-state index in [1.807, 2.05) is 18.2 Å². The lowest BCUT2D eigenvalue weighted by Gasteiger charge is -2.40. The number of hydrogen-bond donors (Lipinski definition) is 4. The average molecular weight is 443 g/mol. The highest BCUT2D eigenvalue weighted by molar-refractivity contribution is 6.07. The molecule has 8 heteroatoms. The number of rotatable bonds is 6. The molecule has 2 aromatic carbocycles. The zero-order chi connectivity index (χ0) is 23.0. The number of ketones is 1. The Morgan fingerprint density at radius 1 is 1.00 bits per heavy atom. The number of piperidine rings is 1. The molecule has 32 heavy (non-hydrogen) atoms. The summed E-state index contributed by atoms with van der Waals surface area (Å²) in [6.45, 7) is 2.13. The third-order valence-corrected chi connectivity index (χ3v) is 6.79. The van der Waals surface area contributed by atoms with Crippen LogP contribution in [0, 0.1) is 11.8 Å². The van der Waals surface area contributed by atoms with E-state index < -0.39 is 29.2 Å². The molecule has 1 heterocycles. The summed E-state index contributed by atoms with van der Waals surface area (Å²) in [4.78, 5) is 15.4. The van der Waals surface area contributed by atoms with E-state index in [1.54, 1.807) is 0 Å². The molecule has 1 aliphatic heterocycles. The zero-order valence-corrected chi connectivity index (χ0v) is 18.2. The lowest BCUT2D eigenvalue weighted by Crippen LogP contribution is -2.51. The van der Waals surface area contributed by atoms with Crippen LogP contribution in [0.2, 0.25) is 0 Å². The second-order valence-corrected chi connectivity index (χ2v) is 8.56. The lowest BCUT2D eigenvalue weighted by atomic mass is 9.79. The lowest BCUT2D eigenvalue weighted by molar-refractivity contribution is -0.231. The van der Waals surface area contributed by atoms with E-state index in [9.17, 15) is 25.2 Å². The predicted octanol–water partition coefficient (Wildman–Crippen LogP) is 2.06. The smallest absolute Gasteiger partial charge is 0.207 e. The highest BCUT2D eigenvalue weighted by atomic mass is 16.5. The fourth-order valence-corrected chi connectivity index (χ4v) is 5.03. The van der Waals surface area contributed by atoms with Crippen LogP contribution >= 0.6 is 0 Å². The van der Waals surface area contributed by atoms with Gasteiger partial charge in [0.15, 0.2) is 23.1 Å². The van der Waals surface area contributed by atoms with Crippen molar-refractivity contribution in [1.82, 2.24) is 4.90 Å². The van der Waals surface area contributed by atoms with E-state index in [2.05, 4.69) is 17.0 Å². The Morgan fingerprint density at radius 2 is 1.59 bits per heavy atom. The zero-order valence-electron chi connectivity index (χ0n) is 18.2. The van der Waals surface area contributed by atoms with E-state index in [1.165, 1.54) is 19.8 Å². The molecule has 1 atom stereocenters. The first kappa shape index (κ1) is 22.4. The van der Waals surface area contributed by atoms with Crippen LogP contribution in [-0.2, 0) is 13.0 Å². The van der Waals surface area contributed by atoms with Gasteiger partial charge in [-0.25, -0.2) is 0 Å². The summed E-state index contributed by atoms with van der Waals surface area (Å²) < 4.78 is 10.2. The quantitative estimate of drug-likeness (QED) is 0.396. The van der Waals surface area contributed by atoms with Crippen molar-refractivity contribution < 1.29 is 34.7 Å². The van der Waals surface area contributed by atoms with Crippen molar-refractivity contribution in [2.75, 3.05) is 27.3 Å². The monoisotopic (exact) mass is 443 g/mol. The van der Waals surface area contributed by atoms with Crippen molar-refractivity contribution in [2.45, 2.75) is 31.6 Å². The van der Waals surface area contributed by atoms with Gasteiger partial charge in [-0.2, -0.15) is 0 Å². The van der Waals surface area contributed by atoms with Gasteiger partial charge in [-0.3, -0.25) is 9.69 Å². The van der Waals surface area contributed by atoms with Crippen molar-refractivity contribution in [2.24, 2.45) is 11.8 Å². The second-order valence-electron chi connectivity index (χ2n) is 8.56. The van der Waals surface area contributed by atoms with Crippen molar-refractivity contribution in [1.29, 1.82) is 0 Å². The number of aromatic hydroxyl groups is 2. The maximum absolute atomic E-state index is 13.1. The molecule has 0 amide bonds. The van der Waals surface area contributed by atoms with Gasteiger partial charge in [0.25, 0.3) is 0 Å². The average Bonchev–Trinajstić information content (AvgIpc) is 3.15. The van der Waals surface area contributed by atoms with Crippen LogP contribution in [0.4, 0.5) is 0 Å². The van der Waals surface area contributed by atoms with E-state index in [0.29, 0.717) is 25.9 Å². The van der Waals surface area contributed by atoms with Gasteiger partial charge in [-0.15, -0.1) is 0 Å². The number of carbonyl (C=O) groups is 1. The number of benzene rings is 2. The maximum atomic E-state index is 13.1. The summed E-state index contributed by atoms with van der Waals surface area (Å²) in [6.07, 6.45) is 0.931. The number of phenolic OH excluding ortho intramolecular Hbond substituents is 2. The topological polar surface area (TPSA) is 120 Å². The Bertz CT molecular complexity index is 997. The molecule has 1 saturated heterocycles. The van der Waals surface area contributed by atoms with E-state index in [-0.39, 0.29) is 34.8 Å². The van der Waals surface area contributed by atoms with Gasteiger partial charge in [-0.05, 0) is 37.9 Å². The minimum Gasteiger partial charge on any atom is -0.504 e. The highest BCUT2D eigenvalue weighted by Gasteiger charge is 2.52. The summed E-state index contributed by atoms with van der Waals surface area (Å²) in [5, 5.41) is 43.3. The van der Waals surface area contributed by atoms with Crippen molar-refractivity contribution in [3.05, 3.63) is 47.0 Å². The van der Waals surface area contributed by atoms with E-state index >= 15 is 0 Å². The molecule has 172 valence electrons. The standard InChI is InChI=1S/C24H29NO7/c1-31-22-19(26)16-12-17(20(27)18(16)21(28)23(22)32-2)24(29,30)15-8-10-25(11-9-15)13-14-6-4-3-5-7-14/h3-7,15,17,26,28-30H,8-13H2,1-2H3. The first-order valence-corrected chi connectivity index (χ1v) is 10.7. The van der Waals surface area contributed by atoms with Gasteiger partial charge < -0.3 is 29.9 Å². The number of likely N-dealkylation sites (tertiary alicyclic amines) is 1. The molecule has 4 rings (SSSR count). The number of nitrogens with zero attached hydrogens (tertiary/aromatic N) is 1. The maximum Gasteiger partial charge on any atom is 0.207 e. The Balaban J connectivity index is 1.52. The molecule has 1 aliphatic carbocycles. The van der Waals surface area contributed by atoms with Crippen molar-refractivity contribution in [3.8, 4) is 23.0 Å². The van der Waals surface area contributed by atoms with Gasteiger partial charge in [-0.1, -0.05) is 30.3 Å². The SMILES string of the molecule is COc1c(O)c2c(c(O)c1OC)C(=O)C(C(O)(O)C1CCN(Cc3ccccc3)CC1)C2. The Morgan fingerprint density at radius 3 is 2.19 bits per heavy atom. The number of phenols is 2. The summed E-state index contributed by atoms with van der Waals surface area (Å²) in [5.74, 6) is -5.64. The molecule has 2 aromatic rings. The summed E-state index contributed by atoms with van der Waals surface area (Å²) >= 11 is 0. The fraction of sp³-hybridized carbons (Fsp3) is 0.458. The van der Waals surface area contributed by atoms with Crippen LogP contribution in [0.15, 0.2) is 30.3 Å². The molecule has 0 bridgehead atoms. The molecule has 0 saturated carbocycles. The minimum absolute atomic E-state index is 0.0899. The molecule has 0 aromatic heterocycles. The normalized spacial score (nSPS) is 19.8. The molecule has 8 nitrogen and oxygen atoms in total. The Kier molecular flexibility index (Phi) is 6.03. The fourth-order valence-electron chi connectivity index (χ4n) is 5.03. The molecule has 2 aliphatic rings. The molecular formula is C24H29NO7. The van der Waals surface area contributed by atoms with Crippen LogP contribution in [-0.4, -0.2) is 64.2 Å². The number of fused-ring (bicyclic) bond motifs is 1. The first-order valence-electron chi connectivity index (χ1n) is 10.7. The first-order chi connectivity index (χ1) is 15.3. The predicted molar refractivity (Wildman–Crippen MR) is 116 cm³/mol. The number of Topliss-reactive ketones (excluding diaryl/α,β-unsaturated/α-hetero) is 1. The molecular weight excluding hydrogens is 414 g/mol. The van der Waals surface area contributed by atoms with Crippen molar-refractivity contribution >= 4 is 5.78 Å². The van der Waals surface area contributed by atoms with Crippen LogP contribution in [0.1, 0.15) is 34.3 Å². The number of hydrogen-bond acceptors (Lipinski definition) is 8. The third-order valence-electron chi connectivity index (χ3n) is 6.79. The van der Waals surface area contributed by atoms with Gasteiger partial charge in [0.2, 0.25) is 11.5 Å². The number of aliphatic hydroxyl groups is 2. The van der Waals surface area contributed by atoms with Crippen LogP contribution in [0.3, 0.4) is 0 Å². The number of methoxy groups -OCH3 is 2. The molecule has 1 unspecified atom stereocenters. The highest BCUT2D eigenvalue weighted by Crippen LogP contribution is 2.54. The van der Waals surface area contributed by atoms with Crippen LogP contribution in [0.25, 0.3) is 0 Å². The van der Waals surface area contributed by atoms with Gasteiger partial charge in [0, 0.05) is 18.0 Å². The van der Waals surface area contributed by atoms with Crippen molar-refractivity contribution in [3.63, 3.8) is 0 Å². The summed E-state index contributed by atoms with van der Waals surface area (Å²) in [5.41, 5.74) is 1.20. The molecule has 0 radical (unpaired) electrons. The van der Waals surface area contributed by atoms with Crippen LogP contribution in [0.5, 0.6) is 23.0 Å². The molecule has 0 spiro atoms. The van der Waals surface area contributed by atoms with Gasteiger partial charge >= 0.3 is 0 Å². The molecule has 4 N–H and O–H groups in total. The van der Waals surface area contributed by atoms with Gasteiger partial charge in [0.1, 0.15) is 0 Å². The second kappa shape index (κ2) is 8.61. The minimum atomic E-state index is -2.27. The van der Waals surface area contributed by atoms with Crippen LogP contribution < -0.4 is 9.47 Å². The largest absolute Gasteiger partial charge is 0.504 e. The number of ether oxygens (including phenoxy) is 2. The Hall–Kier alpha value is -2.81. The third kappa shape index (κ3) is 3.68. The molecule has 1 fully saturated rings. The number of carbonyl (C=O) groups excluding carboxylic acids is 1. The van der Waals surface area contributed by atoms with E-state index in [4.69, 9.17) is 9.47 Å². The Labute approximate surface area is 186 Å². The van der Waals surface area contributed by atoms with Gasteiger partial charge in [0.05, 0.1) is 25.7 Å². The van der Waals surface area contributed by atoms with E-state index in [0.717, 1.165) is 6.54 Å².